The van der Waals surface area contributed by atoms with E-state index in [4.69, 9.17) is 17.3 Å². The van der Waals surface area contributed by atoms with E-state index in [2.05, 4.69) is 10.3 Å². The number of nitrogens with zero attached hydrogens (tertiary/aromatic N) is 1. The van der Waals surface area contributed by atoms with E-state index in [9.17, 15) is 0 Å². The van der Waals surface area contributed by atoms with Gasteiger partial charge < -0.3 is 11.1 Å². The first-order valence-corrected chi connectivity index (χ1v) is 5.27. The molecular formula is C12H12ClN3. The van der Waals surface area contributed by atoms with Crippen molar-refractivity contribution in [2.24, 2.45) is 0 Å². The number of halogens is 1. The van der Waals surface area contributed by atoms with Crippen LogP contribution in [0.1, 0.15) is 5.56 Å². The molecule has 1 aromatic carbocycles. The number of rotatable bonds is 2. The SMILES string of the molecule is Cc1ccc(Cl)cc1Nc1ccnc(N)c1. The molecule has 0 aliphatic carbocycles. The van der Waals surface area contributed by atoms with Crippen molar-refractivity contribution in [2.45, 2.75) is 6.92 Å². The molecule has 0 amide bonds. The number of nitrogens with two attached hydrogens (primary N) is 1. The molecule has 0 spiro atoms. The minimum absolute atomic E-state index is 0.490. The fourth-order valence-corrected chi connectivity index (χ4v) is 1.58. The fourth-order valence-electron chi connectivity index (χ4n) is 1.41. The van der Waals surface area contributed by atoms with Gasteiger partial charge in [0, 0.05) is 28.7 Å². The Hall–Kier alpha value is -1.74. The summed E-state index contributed by atoms with van der Waals surface area (Å²) in [5.41, 5.74) is 8.60. The molecule has 0 bridgehead atoms. The molecule has 2 aromatic rings. The maximum Gasteiger partial charge on any atom is 0.125 e. The van der Waals surface area contributed by atoms with Gasteiger partial charge in [-0.1, -0.05) is 17.7 Å². The molecule has 0 saturated heterocycles. The summed E-state index contributed by atoms with van der Waals surface area (Å²) >= 11 is 5.94. The van der Waals surface area contributed by atoms with E-state index >= 15 is 0 Å². The van der Waals surface area contributed by atoms with Gasteiger partial charge in [0.05, 0.1) is 0 Å². The van der Waals surface area contributed by atoms with Crippen molar-refractivity contribution < 1.29 is 0 Å². The number of aryl methyl sites for hydroxylation is 1. The lowest BCUT2D eigenvalue weighted by Crippen LogP contribution is -1.95. The van der Waals surface area contributed by atoms with Gasteiger partial charge >= 0.3 is 0 Å². The van der Waals surface area contributed by atoms with Crippen LogP contribution in [0.15, 0.2) is 36.5 Å². The maximum absolute atomic E-state index is 5.94. The lowest BCUT2D eigenvalue weighted by molar-refractivity contribution is 1.33. The number of pyridine rings is 1. The summed E-state index contributed by atoms with van der Waals surface area (Å²) in [6.45, 7) is 2.02. The van der Waals surface area contributed by atoms with Crippen LogP contribution >= 0.6 is 11.6 Å². The number of aromatic nitrogens is 1. The summed E-state index contributed by atoms with van der Waals surface area (Å²) in [6, 6.07) is 9.35. The minimum atomic E-state index is 0.490. The molecule has 16 heavy (non-hydrogen) atoms. The number of nitrogens with one attached hydrogen (secondary N) is 1. The van der Waals surface area contributed by atoms with Crippen LogP contribution in [0.3, 0.4) is 0 Å². The Labute approximate surface area is 99.3 Å². The second-order valence-corrected chi connectivity index (χ2v) is 3.99. The van der Waals surface area contributed by atoms with Gasteiger partial charge in [-0.25, -0.2) is 4.98 Å². The molecule has 0 aliphatic heterocycles. The molecule has 0 radical (unpaired) electrons. The summed E-state index contributed by atoms with van der Waals surface area (Å²) in [6.07, 6.45) is 1.66. The zero-order valence-electron chi connectivity index (χ0n) is 8.87. The first-order valence-electron chi connectivity index (χ1n) is 4.90. The van der Waals surface area contributed by atoms with Crippen molar-refractivity contribution in [3.8, 4) is 0 Å². The Kier molecular flexibility index (Phi) is 2.97. The van der Waals surface area contributed by atoms with Crippen LogP contribution in [-0.4, -0.2) is 4.98 Å². The molecule has 0 saturated carbocycles. The fraction of sp³-hybridized carbons (Fsp3) is 0.0833. The van der Waals surface area contributed by atoms with Crippen LogP contribution in [0, 0.1) is 6.92 Å². The predicted molar refractivity (Wildman–Crippen MR) is 68.1 cm³/mol. The number of hydrogen-bond acceptors (Lipinski definition) is 3. The highest BCUT2D eigenvalue weighted by molar-refractivity contribution is 6.30. The third-order valence-corrected chi connectivity index (χ3v) is 2.49. The van der Waals surface area contributed by atoms with Gasteiger partial charge in [0.15, 0.2) is 0 Å². The van der Waals surface area contributed by atoms with Crippen molar-refractivity contribution in [1.29, 1.82) is 0 Å². The third kappa shape index (κ3) is 2.44. The highest BCUT2D eigenvalue weighted by Gasteiger charge is 2.00. The molecule has 0 unspecified atom stereocenters. The van der Waals surface area contributed by atoms with E-state index < -0.39 is 0 Å². The standard InChI is InChI=1S/C12H12ClN3/c1-8-2-3-9(13)6-11(8)16-10-4-5-15-12(14)7-10/h2-7H,1H3,(H3,14,15,16). The van der Waals surface area contributed by atoms with Crippen molar-refractivity contribution in [1.82, 2.24) is 4.98 Å². The van der Waals surface area contributed by atoms with E-state index in [0.29, 0.717) is 10.8 Å². The largest absolute Gasteiger partial charge is 0.384 e. The van der Waals surface area contributed by atoms with Gasteiger partial charge in [-0.15, -0.1) is 0 Å². The summed E-state index contributed by atoms with van der Waals surface area (Å²) in [4.78, 5) is 3.93. The normalized spacial score (nSPS) is 10.1. The van der Waals surface area contributed by atoms with Gasteiger partial charge in [-0.2, -0.15) is 0 Å². The molecule has 3 N–H and O–H groups in total. The first kappa shape index (κ1) is 10.8. The molecule has 0 atom stereocenters. The molecule has 2 rings (SSSR count). The van der Waals surface area contributed by atoms with Gasteiger partial charge in [-0.05, 0) is 30.7 Å². The molecule has 4 heteroatoms. The topological polar surface area (TPSA) is 50.9 Å². The van der Waals surface area contributed by atoms with Crippen LogP contribution in [-0.2, 0) is 0 Å². The zero-order valence-corrected chi connectivity index (χ0v) is 9.62. The van der Waals surface area contributed by atoms with E-state index in [-0.39, 0.29) is 0 Å². The van der Waals surface area contributed by atoms with Crippen LogP contribution < -0.4 is 11.1 Å². The third-order valence-electron chi connectivity index (χ3n) is 2.26. The number of benzene rings is 1. The van der Waals surface area contributed by atoms with Crippen molar-refractivity contribution in [3.05, 3.63) is 47.1 Å². The second-order valence-electron chi connectivity index (χ2n) is 3.55. The predicted octanol–water partition coefficient (Wildman–Crippen LogP) is 3.37. The Bertz CT molecular complexity index is 511. The van der Waals surface area contributed by atoms with Crippen LogP contribution in [0.25, 0.3) is 0 Å². The summed E-state index contributed by atoms with van der Waals surface area (Å²) in [5.74, 6) is 0.490. The van der Waals surface area contributed by atoms with Crippen LogP contribution in [0.4, 0.5) is 17.2 Å². The van der Waals surface area contributed by atoms with Gasteiger partial charge in [-0.3, -0.25) is 0 Å². The average Bonchev–Trinajstić information content (AvgIpc) is 2.24. The van der Waals surface area contributed by atoms with E-state index in [1.54, 1.807) is 12.3 Å². The van der Waals surface area contributed by atoms with Crippen molar-refractivity contribution in [2.75, 3.05) is 11.1 Å². The number of anilines is 3. The second kappa shape index (κ2) is 4.41. The van der Waals surface area contributed by atoms with E-state index in [0.717, 1.165) is 16.9 Å². The Morgan fingerprint density at radius 1 is 1.25 bits per heavy atom. The minimum Gasteiger partial charge on any atom is -0.384 e. The highest BCUT2D eigenvalue weighted by atomic mass is 35.5. The smallest absolute Gasteiger partial charge is 0.125 e. The molecule has 1 heterocycles. The van der Waals surface area contributed by atoms with E-state index in [1.807, 2.05) is 31.2 Å². The number of hydrogen-bond donors (Lipinski definition) is 2. The summed E-state index contributed by atoms with van der Waals surface area (Å²) < 4.78 is 0. The monoisotopic (exact) mass is 233 g/mol. The zero-order chi connectivity index (χ0) is 11.5. The first-order chi connectivity index (χ1) is 7.65. The van der Waals surface area contributed by atoms with Gasteiger partial charge in [0.2, 0.25) is 0 Å². The van der Waals surface area contributed by atoms with Gasteiger partial charge in [0.1, 0.15) is 5.82 Å². The summed E-state index contributed by atoms with van der Waals surface area (Å²) in [5, 5.41) is 3.95. The molecule has 0 aliphatic rings. The van der Waals surface area contributed by atoms with Gasteiger partial charge in [0.25, 0.3) is 0 Å². The maximum atomic E-state index is 5.94. The molecule has 3 nitrogen and oxygen atoms in total. The Morgan fingerprint density at radius 3 is 2.81 bits per heavy atom. The molecular weight excluding hydrogens is 222 g/mol. The number of nitrogen functional groups attached to an aromatic ring is 1. The van der Waals surface area contributed by atoms with E-state index in [1.165, 1.54) is 0 Å². The Morgan fingerprint density at radius 2 is 2.06 bits per heavy atom. The quantitative estimate of drug-likeness (QED) is 0.836. The molecule has 0 fully saturated rings. The lowest BCUT2D eigenvalue weighted by Gasteiger charge is -2.10. The van der Waals surface area contributed by atoms with Crippen LogP contribution in [0.2, 0.25) is 5.02 Å². The molecule has 1 aromatic heterocycles. The van der Waals surface area contributed by atoms with Crippen molar-refractivity contribution >= 4 is 28.8 Å². The lowest BCUT2D eigenvalue weighted by atomic mass is 10.2. The molecule has 82 valence electrons. The summed E-state index contributed by atoms with van der Waals surface area (Å²) in [7, 11) is 0. The highest BCUT2D eigenvalue weighted by Crippen LogP contribution is 2.24. The average molecular weight is 234 g/mol. The van der Waals surface area contributed by atoms with Crippen LogP contribution in [0.5, 0.6) is 0 Å². The van der Waals surface area contributed by atoms with Crippen molar-refractivity contribution in [3.63, 3.8) is 0 Å². The Balaban J connectivity index is 2.30.